The van der Waals surface area contributed by atoms with Crippen LogP contribution in [0, 0.1) is 6.92 Å². The molecule has 122 valence electrons. The van der Waals surface area contributed by atoms with Gasteiger partial charge in [0.05, 0.1) is 0 Å². The van der Waals surface area contributed by atoms with Crippen LogP contribution in [0.15, 0.2) is 6.07 Å². The maximum Gasteiger partial charge on any atom is 0.274 e. The Bertz CT molecular complexity index is 701. The van der Waals surface area contributed by atoms with Crippen LogP contribution >= 0.6 is 0 Å². The van der Waals surface area contributed by atoms with Crippen LogP contribution in [0.3, 0.4) is 0 Å². The third kappa shape index (κ3) is 2.75. The van der Waals surface area contributed by atoms with Gasteiger partial charge in [-0.25, -0.2) is 4.98 Å². The van der Waals surface area contributed by atoms with Crippen molar-refractivity contribution in [3.8, 4) is 0 Å². The van der Waals surface area contributed by atoms with Crippen molar-refractivity contribution < 1.29 is 4.79 Å². The molecule has 0 unspecified atom stereocenters. The van der Waals surface area contributed by atoms with Crippen LogP contribution in [-0.2, 0) is 7.05 Å². The number of rotatable bonds is 3. The van der Waals surface area contributed by atoms with Gasteiger partial charge in [-0.2, -0.15) is 10.2 Å². The number of carbonyl (C=O) groups excluding carboxylic acids is 1. The average molecular weight is 314 g/mol. The van der Waals surface area contributed by atoms with Gasteiger partial charge in [-0.1, -0.05) is 0 Å². The minimum absolute atomic E-state index is 0.0309. The molecule has 0 spiro atoms. The number of aryl methyl sites for hydroxylation is 2. The predicted octanol–water partition coefficient (Wildman–Crippen LogP) is 1.74. The zero-order valence-electron chi connectivity index (χ0n) is 13.6. The minimum Gasteiger partial charge on any atom is -0.337 e. The van der Waals surface area contributed by atoms with Gasteiger partial charge < -0.3 is 4.90 Å². The van der Waals surface area contributed by atoms with Crippen molar-refractivity contribution in [3.63, 3.8) is 0 Å². The first-order valence-corrected chi connectivity index (χ1v) is 8.34. The monoisotopic (exact) mass is 314 g/mol. The van der Waals surface area contributed by atoms with Gasteiger partial charge in [-0.3, -0.25) is 14.6 Å². The SMILES string of the molecule is Cc1cc(C(=O)N2CCC(c3nc(C4CC4)n[nH]3)CC2)nn1C. The van der Waals surface area contributed by atoms with Crippen LogP contribution in [0.1, 0.15) is 65.4 Å². The van der Waals surface area contributed by atoms with E-state index in [2.05, 4.69) is 20.3 Å². The molecule has 1 saturated heterocycles. The highest BCUT2D eigenvalue weighted by Crippen LogP contribution is 2.38. The fourth-order valence-electron chi connectivity index (χ4n) is 3.18. The van der Waals surface area contributed by atoms with E-state index in [1.54, 1.807) is 4.68 Å². The van der Waals surface area contributed by atoms with E-state index in [0.717, 1.165) is 43.3 Å². The van der Waals surface area contributed by atoms with Crippen molar-refractivity contribution >= 4 is 5.91 Å². The minimum atomic E-state index is 0.0309. The summed E-state index contributed by atoms with van der Waals surface area (Å²) in [6, 6.07) is 1.85. The number of hydrogen-bond acceptors (Lipinski definition) is 4. The highest BCUT2D eigenvalue weighted by Gasteiger charge is 2.31. The van der Waals surface area contributed by atoms with Crippen molar-refractivity contribution in [2.24, 2.45) is 7.05 Å². The molecule has 2 aromatic rings. The molecule has 1 aliphatic carbocycles. The summed E-state index contributed by atoms with van der Waals surface area (Å²) in [5, 5.41) is 11.7. The Morgan fingerprint density at radius 1 is 1.22 bits per heavy atom. The Kier molecular flexibility index (Phi) is 3.43. The molecule has 2 aliphatic rings. The Balaban J connectivity index is 1.39. The molecular weight excluding hydrogens is 292 g/mol. The Hall–Kier alpha value is -2.18. The lowest BCUT2D eigenvalue weighted by Gasteiger charge is -2.30. The van der Waals surface area contributed by atoms with Crippen molar-refractivity contribution in [2.75, 3.05) is 13.1 Å². The molecular formula is C16H22N6O. The summed E-state index contributed by atoms with van der Waals surface area (Å²) in [5.74, 6) is 2.96. The van der Waals surface area contributed by atoms with Crippen LogP contribution in [-0.4, -0.2) is 48.9 Å². The number of carbonyl (C=O) groups is 1. The van der Waals surface area contributed by atoms with E-state index in [-0.39, 0.29) is 5.91 Å². The maximum atomic E-state index is 12.5. The number of hydrogen-bond donors (Lipinski definition) is 1. The van der Waals surface area contributed by atoms with Gasteiger partial charge in [0.25, 0.3) is 5.91 Å². The molecule has 4 rings (SSSR count). The molecule has 2 fully saturated rings. The molecule has 1 aliphatic heterocycles. The molecule has 0 atom stereocenters. The number of H-pyrrole nitrogens is 1. The van der Waals surface area contributed by atoms with E-state index >= 15 is 0 Å². The zero-order chi connectivity index (χ0) is 16.0. The van der Waals surface area contributed by atoms with Gasteiger partial charge in [0, 0.05) is 37.7 Å². The molecule has 0 bridgehead atoms. The predicted molar refractivity (Wildman–Crippen MR) is 84.2 cm³/mol. The van der Waals surface area contributed by atoms with Crippen molar-refractivity contribution in [2.45, 2.75) is 44.4 Å². The lowest BCUT2D eigenvalue weighted by atomic mass is 9.96. The standard InChI is InChI=1S/C16H22N6O/c1-10-9-13(20-21(10)2)16(23)22-7-5-12(6-8-22)15-17-14(18-19-15)11-3-4-11/h9,11-12H,3-8H2,1-2H3,(H,17,18,19). The normalized spacial score (nSPS) is 19.3. The van der Waals surface area contributed by atoms with Crippen LogP contribution in [0.25, 0.3) is 0 Å². The van der Waals surface area contributed by atoms with Crippen LogP contribution in [0.5, 0.6) is 0 Å². The number of aromatic nitrogens is 5. The molecule has 1 N–H and O–H groups in total. The summed E-state index contributed by atoms with van der Waals surface area (Å²) in [4.78, 5) is 19.1. The number of piperidine rings is 1. The molecule has 0 radical (unpaired) electrons. The highest BCUT2D eigenvalue weighted by molar-refractivity contribution is 5.92. The summed E-state index contributed by atoms with van der Waals surface area (Å²) >= 11 is 0. The second-order valence-electron chi connectivity index (χ2n) is 6.71. The second kappa shape index (κ2) is 5.47. The van der Waals surface area contributed by atoms with E-state index in [1.807, 2.05) is 24.9 Å². The molecule has 2 aromatic heterocycles. The third-order valence-electron chi connectivity index (χ3n) is 4.96. The topological polar surface area (TPSA) is 79.7 Å². The maximum absolute atomic E-state index is 12.5. The first-order chi connectivity index (χ1) is 11.1. The molecule has 7 nitrogen and oxygen atoms in total. The number of amides is 1. The van der Waals surface area contributed by atoms with Crippen molar-refractivity contribution in [3.05, 3.63) is 29.1 Å². The van der Waals surface area contributed by atoms with E-state index in [4.69, 9.17) is 0 Å². The van der Waals surface area contributed by atoms with Gasteiger partial charge in [0.1, 0.15) is 5.82 Å². The molecule has 7 heteroatoms. The third-order valence-corrected chi connectivity index (χ3v) is 4.96. The molecule has 1 saturated carbocycles. The van der Waals surface area contributed by atoms with E-state index in [0.29, 0.717) is 17.5 Å². The lowest BCUT2D eigenvalue weighted by molar-refractivity contribution is 0.0704. The van der Waals surface area contributed by atoms with Crippen LogP contribution in [0.2, 0.25) is 0 Å². The van der Waals surface area contributed by atoms with Gasteiger partial charge >= 0.3 is 0 Å². The van der Waals surface area contributed by atoms with E-state index in [1.165, 1.54) is 12.8 Å². The first kappa shape index (κ1) is 14.4. The number of likely N-dealkylation sites (tertiary alicyclic amines) is 1. The molecule has 1 amide bonds. The summed E-state index contributed by atoms with van der Waals surface area (Å²) in [6.07, 6.45) is 4.29. The van der Waals surface area contributed by atoms with Crippen LogP contribution < -0.4 is 0 Å². The number of aromatic amines is 1. The summed E-state index contributed by atoms with van der Waals surface area (Å²) in [7, 11) is 1.86. The quantitative estimate of drug-likeness (QED) is 0.936. The van der Waals surface area contributed by atoms with Gasteiger partial charge in [0.2, 0.25) is 0 Å². The fraction of sp³-hybridized carbons (Fsp3) is 0.625. The second-order valence-corrected chi connectivity index (χ2v) is 6.71. The van der Waals surface area contributed by atoms with Gasteiger partial charge in [0.15, 0.2) is 11.5 Å². The molecule has 0 aromatic carbocycles. The summed E-state index contributed by atoms with van der Waals surface area (Å²) in [6.45, 7) is 3.45. The first-order valence-electron chi connectivity index (χ1n) is 8.34. The Morgan fingerprint density at radius 2 is 1.96 bits per heavy atom. The summed E-state index contributed by atoms with van der Waals surface area (Å²) < 4.78 is 1.74. The van der Waals surface area contributed by atoms with E-state index < -0.39 is 0 Å². The largest absolute Gasteiger partial charge is 0.337 e. The lowest BCUT2D eigenvalue weighted by Crippen LogP contribution is -2.38. The van der Waals surface area contributed by atoms with E-state index in [9.17, 15) is 4.79 Å². The molecule has 23 heavy (non-hydrogen) atoms. The summed E-state index contributed by atoms with van der Waals surface area (Å²) in [5.41, 5.74) is 1.54. The number of nitrogens with zero attached hydrogens (tertiary/aromatic N) is 5. The van der Waals surface area contributed by atoms with Crippen molar-refractivity contribution in [1.29, 1.82) is 0 Å². The van der Waals surface area contributed by atoms with Crippen LogP contribution in [0.4, 0.5) is 0 Å². The average Bonchev–Trinajstić information content (AvgIpc) is 3.20. The zero-order valence-corrected chi connectivity index (χ0v) is 13.6. The highest BCUT2D eigenvalue weighted by atomic mass is 16.2. The Morgan fingerprint density at radius 3 is 2.57 bits per heavy atom. The number of nitrogens with one attached hydrogen (secondary N) is 1. The van der Waals surface area contributed by atoms with Gasteiger partial charge in [-0.05, 0) is 38.7 Å². The van der Waals surface area contributed by atoms with Crippen molar-refractivity contribution in [1.82, 2.24) is 29.9 Å². The fourth-order valence-corrected chi connectivity index (χ4v) is 3.18. The van der Waals surface area contributed by atoms with Gasteiger partial charge in [-0.15, -0.1) is 0 Å². The molecule has 3 heterocycles. The smallest absolute Gasteiger partial charge is 0.274 e. The Labute approximate surface area is 135 Å².